The van der Waals surface area contributed by atoms with Gasteiger partial charge in [0.1, 0.15) is 0 Å². The molecule has 2 unspecified atom stereocenters. The molecule has 5 heteroatoms. The van der Waals surface area contributed by atoms with E-state index in [1.165, 1.54) is 0 Å². The van der Waals surface area contributed by atoms with Gasteiger partial charge >= 0.3 is 0 Å². The van der Waals surface area contributed by atoms with Crippen LogP contribution in [-0.2, 0) is 4.74 Å². The molecule has 0 spiro atoms. The van der Waals surface area contributed by atoms with Crippen molar-refractivity contribution in [3.8, 4) is 0 Å². The van der Waals surface area contributed by atoms with Crippen LogP contribution in [0.3, 0.4) is 0 Å². The number of aromatic nitrogens is 2. The summed E-state index contributed by atoms with van der Waals surface area (Å²) < 4.78 is 5.68. The number of nitrogens with two attached hydrogens (primary N) is 1. The summed E-state index contributed by atoms with van der Waals surface area (Å²) in [5, 5.41) is 11.4. The van der Waals surface area contributed by atoms with Gasteiger partial charge in [-0.3, -0.25) is 5.10 Å². The highest BCUT2D eigenvalue weighted by Crippen LogP contribution is 2.27. The Kier molecular flexibility index (Phi) is 2.83. The largest absolute Gasteiger partial charge is 0.397 e. The van der Waals surface area contributed by atoms with Gasteiger partial charge in [0, 0.05) is 18.0 Å². The molecular formula is C13H18N4O. The Morgan fingerprint density at radius 3 is 3.22 bits per heavy atom. The molecule has 2 atom stereocenters. The number of nitrogens with one attached hydrogen (secondary N) is 2. The van der Waals surface area contributed by atoms with Gasteiger partial charge in [0.2, 0.25) is 0 Å². The zero-order valence-electron chi connectivity index (χ0n) is 10.4. The number of hydrogen-bond acceptors (Lipinski definition) is 4. The van der Waals surface area contributed by atoms with Crippen molar-refractivity contribution in [3.63, 3.8) is 0 Å². The second-order valence-corrected chi connectivity index (χ2v) is 4.88. The fourth-order valence-electron chi connectivity index (χ4n) is 2.47. The third-order valence-corrected chi connectivity index (χ3v) is 3.52. The van der Waals surface area contributed by atoms with Gasteiger partial charge < -0.3 is 15.8 Å². The third kappa shape index (κ3) is 2.01. The average molecular weight is 246 g/mol. The molecule has 0 radical (unpaired) electrons. The molecule has 2 heterocycles. The van der Waals surface area contributed by atoms with Crippen molar-refractivity contribution < 1.29 is 4.74 Å². The van der Waals surface area contributed by atoms with Crippen LogP contribution in [-0.4, -0.2) is 29.0 Å². The number of benzene rings is 1. The lowest BCUT2D eigenvalue weighted by atomic mass is 10.1. The topological polar surface area (TPSA) is 76.0 Å². The van der Waals surface area contributed by atoms with Crippen LogP contribution < -0.4 is 11.1 Å². The van der Waals surface area contributed by atoms with Crippen LogP contribution in [0.4, 0.5) is 11.4 Å². The lowest BCUT2D eigenvalue weighted by Gasteiger charge is -2.22. The Morgan fingerprint density at radius 1 is 1.56 bits per heavy atom. The minimum Gasteiger partial charge on any atom is -0.397 e. The Hall–Kier alpha value is -1.75. The van der Waals surface area contributed by atoms with E-state index in [9.17, 15) is 0 Å². The number of anilines is 2. The van der Waals surface area contributed by atoms with Gasteiger partial charge in [-0.2, -0.15) is 5.10 Å². The van der Waals surface area contributed by atoms with Crippen molar-refractivity contribution in [1.29, 1.82) is 0 Å². The summed E-state index contributed by atoms with van der Waals surface area (Å²) in [5.41, 5.74) is 8.72. The highest BCUT2D eigenvalue weighted by atomic mass is 16.5. The van der Waals surface area contributed by atoms with Crippen LogP contribution in [0.1, 0.15) is 19.8 Å². The van der Waals surface area contributed by atoms with E-state index in [4.69, 9.17) is 10.5 Å². The zero-order chi connectivity index (χ0) is 12.5. The van der Waals surface area contributed by atoms with Crippen LogP contribution in [0.5, 0.6) is 0 Å². The fourth-order valence-corrected chi connectivity index (χ4v) is 2.47. The molecule has 1 aromatic heterocycles. The molecule has 0 aliphatic carbocycles. The van der Waals surface area contributed by atoms with Gasteiger partial charge in [0.05, 0.1) is 29.2 Å². The van der Waals surface area contributed by atoms with Crippen LogP contribution in [0.15, 0.2) is 18.3 Å². The predicted octanol–water partition coefficient (Wildman–Crippen LogP) is 2.12. The summed E-state index contributed by atoms with van der Waals surface area (Å²) in [6, 6.07) is 4.20. The van der Waals surface area contributed by atoms with Gasteiger partial charge in [0.25, 0.3) is 0 Å². The molecule has 3 rings (SSSR count). The highest BCUT2D eigenvalue weighted by Gasteiger charge is 2.22. The first-order valence-corrected chi connectivity index (χ1v) is 6.35. The van der Waals surface area contributed by atoms with E-state index in [0.717, 1.165) is 41.7 Å². The first-order chi connectivity index (χ1) is 8.74. The molecule has 2 aromatic rings. The monoisotopic (exact) mass is 246 g/mol. The molecule has 5 nitrogen and oxygen atoms in total. The standard InChI is InChI=1S/C13H18N4O/c1-8(13-3-2-4-18-13)16-12-6-11-9(5-10(12)14)7-15-17-11/h5-8,13,16H,2-4,14H2,1H3,(H,15,17). The first kappa shape index (κ1) is 11.3. The summed E-state index contributed by atoms with van der Waals surface area (Å²) in [5.74, 6) is 0. The predicted molar refractivity (Wildman–Crippen MR) is 72.6 cm³/mol. The Morgan fingerprint density at radius 2 is 2.44 bits per heavy atom. The zero-order valence-corrected chi connectivity index (χ0v) is 10.4. The number of aromatic amines is 1. The SMILES string of the molecule is CC(Nc1cc2[nH]ncc2cc1N)C1CCCO1. The van der Waals surface area contributed by atoms with Crippen molar-refractivity contribution in [3.05, 3.63) is 18.3 Å². The average Bonchev–Trinajstić information content (AvgIpc) is 2.98. The third-order valence-electron chi connectivity index (χ3n) is 3.52. The van der Waals surface area contributed by atoms with E-state index in [-0.39, 0.29) is 12.1 Å². The number of fused-ring (bicyclic) bond motifs is 1. The maximum absolute atomic E-state index is 6.05. The van der Waals surface area contributed by atoms with E-state index >= 15 is 0 Å². The number of ether oxygens (including phenoxy) is 1. The first-order valence-electron chi connectivity index (χ1n) is 6.35. The van der Waals surface area contributed by atoms with Crippen molar-refractivity contribution >= 4 is 22.3 Å². The summed E-state index contributed by atoms with van der Waals surface area (Å²) in [6.45, 7) is 3.00. The maximum atomic E-state index is 6.05. The van der Waals surface area contributed by atoms with Crippen LogP contribution in [0.2, 0.25) is 0 Å². The minimum absolute atomic E-state index is 0.259. The number of hydrogen-bond donors (Lipinski definition) is 3. The van der Waals surface area contributed by atoms with Gasteiger partial charge in [0.15, 0.2) is 0 Å². The maximum Gasteiger partial charge on any atom is 0.0774 e. The van der Waals surface area contributed by atoms with Crippen LogP contribution in [0, 0.1) is 0 Å². The molecule has 1 fully saturated rings. The van der Waals surface area contributed by atoms with Crippen molar-refractivity contribution in [1.82, 2.24) is 10.2 Å². The van der Waals surface area contributed by atoms with E-state index in [2.05, 4.69) is 22.4 Å². The van der Waals surface area contributed by atoms with Gasteiger partial charge in [-0.15, -0.1) is 0 Å². The Bertz CT molecular complexity index is 545. The summed E-state index contributed by atoms with van der Waals surface area (Å²) in [6.07, 6.45) is 4.31. The molecule has 18 heavy (non-hydrogen) atoms. The molecule has 96 valence electrons. The van der Waals surface area contributed by atoms with E-state index in [1.807, 2.05) is 12.1 Å². The van der Waals surface area contributed by atoms with E-state index in [0.29, 0.717) is 0 Å². The number of rotatable bonds is 3. The molecule has 0 amide bonds. The van der Waals surface area contributed by atoms with Crippen molar-refractivity contribution in [2.24, 2.45) is 0 Å². The summed E-state index contributed by atoms with van der Waals surface area (Å²) >= 11 is 0. The quantitative estimate of drug-likeness (QED) is 0.725. The fraction of sp³-hybridized carbons (Fsp3) is 0.462. The molecular weight excluding hydrogens is 228 g/mol. The van der Waals surface area contributed by atoms with Crippen molar-refractivity contribution in [2.45, 2.75) is 31.9 Å². The number of nitrogen functional groups attached to an aromatic ring is 1. The normalized spacial score (nSPS) is 21.3. The van der Waals surface area contributed by atoms with Crippen LogP contribution >= 0.6 is 0 Å². The van der Waals surface area contributed by atoms with Gasteiger partial charge in [-0.05, 0) is 31.9 Å². The lowest BCUT2D eigenvalue weighted by molar-refractivity contribution is 0.0997. The van der Waals surface area contributed by atoms with Gasteiger partial charge in [-0.25, -0.2) is 0 Å². The lowest BCUT2D eigenvalue weighted by Crippen LogP contribution is -2.30. The molecule has 1 aliphatic rings. The molecule has 0 saturated carbocycles. The molecule has 1 saturated heterocycles. The Balaban J connectivity index is 1.82. The molecule has 1 aliphatic heterocycles. The molecule has 4 N–H and O–H groups in total. The van der Waals surface area contributed by atoms with E-state index in [1.54, 1.807) is 6.20 Å². The summed E-state index contributed by atoms with van der Waals surface area (Å²) in [7, 11) is 0. The smallest absolute Gasteiger partial charge is 0.0774 e. The molecule has 1 aromatic carbocycles. The van der Waals surface area contributed by atoms with E-state index < -0.39 is 0 Å². The Labute approximate surface area is 106 Å². The summed E-state index contributed by atoms with van der Waals surface area (Å²) in [4.78, 5) is 0. The van der Waals surface area contributed by atoms with Crippen molar-refractivity contribution in [2.75, 3.05) is 17.7 Å². The van der Waals surface area contributed by atoms with Crippen LogP contribution in [0.25, 0.3) is 10.9 Å². The second kappa shape index (κ2) is 4.49. The number of H-pyrrole nitrogens is 1. The minimum atomic E-state index is 0.259. The highest BCUT2D eigenvalue weighted by molar-refractivity contribution is 5.88. The second-order valence-electron chi connectivity index (χ2n) is 4.88. The van der Waals surface area contributed by atoms with Gasteiger partial charge in [-0.1, -0.05) is 0 Å². The molecule has 0 bridgehead atoms. The number of nitrogens with zero attached hydrogens (tertiary/aromatic N) is 1.